The second kappa shape index (κ2) is 74.5. The summed E-state index contributed by atoms with van der Waals surface area (Å²) < 4.78 is 5.49. The molecule has 6 nitrogen and oxygen atoms in total. The van der Waals surface area contributed by atoms with Crippen LogP contribution in [0.25, 0.3) is 0 Å². The molecule has 6 heteroatoms. The predicted octanol–water partition coefficient (Wildman–Crippen LogP) is 25.4. The van der Waals surface area contributed by atoms with Crippen LogP contribution in [0.1, 0.15) is 431 Å². The number of hydrogen-bond acceptors (Lipinski definition) is 5. The minimum atomic E-state index is -0.840. The molecule has 3 N–H and O–H groups in total. The lowest BCUT2D eigenvalue weighted by Crippen LogP contribution is -2.45. The van der Waals surface area contributed by atoms with Gasteiger partial charge in [-0.3, -0.25) is 9.59 Å². The molecule has 0 bridgehead atoms. The van der Waals surface area contributed by atoms with Crippen molar-refractivity contribution < 1.29 is 24.5 Å². The average molecular weight is 1200 g/mol. The van der Waals surface area contributed by atoms with E-state index in [1.165, 1.54) is 353 Å². The summed E-state index contributed by atoms with van der Waals surface area (Å²) >= 11 is 0. The molecule has 1 amide bonds. The van der Waals surface area contributed by atoms with E-state index in [1.807, 2.05) is 6.08 Å². The fraction of sp³-hybridized carbons (Fsp3) is 0.899. The van der Waals surface area contributed by atoms with Gasteiger partial charge in [-0.2, -0.15) is 0 Å². The number of aliphatic hydroxyl groups is 2. The highest BCUT2D eigenvalue weighted by Gasteiger charge is 2.18. The van der Waals surface area contributed by atoms with E-state index >= 15 is 0 Å². The molecule has 0 aliphatic rings. The highest BCUT2D eigenvalue weighted by Crippen LogP contribution is 2.20. The first-order chi connectivity index (χ1) is 42.0. The second-order valence-corrected chi connectivity index (χ2v) is 26.7. The van der Waals surface area contributed by atoms with Gasteiger partial charge in [-0.05, 0) is 64.2 Å². The van der Waals surface area contributed by atoms with Crippen LogP contribution < -0.4 is 5.32 Å². The lowest BCUT2D eigenvalue weighted by atomic mass is 10.0. The van der Waals surface area contributed by atoms with Crippen molar-refractivity contribution in [1.82, 2.24) is 5.32 Å². The van der Waals surface area contributed by atoms with Crippen LogP contribution in [0.2, 0.25) is 0 Å². The summed E-state index contributed by atoms with van der Waals surface area (Å²) in [5.74, 6) is -0.0496. The molecule has 502 valence electrons. The van der Waals surface area contributed by atoms with E-state index < -0.39 is 12.1 Å². The Kier molecular flexibility index (Phi) is 72.9. The first-order valence-corrected chi connectivity index (χ1v) is 38.8. The number of rotatable bonds is 73. The van der Waals surface area contributed by atoms with Crippen molar-refractivity contribution in [3.63, 3.8) is 0 Å². The van der Waals surface area contributed by atoms with E-state index in [0.29, 0.717) is 19.4 Å². The molecule has 0 aliphatic heterocycles. The number of nitrogens with one attached hydrogen (secondary N) is 1. The van der Waals surface area contributed by atoms with Crippen LogP contribution in [0.4, 0.5) is 0 Å². The normalized spacial score (nSPS) is 12.7. The standard InChI is InChI=1S/C79H151NO5/c1-3-5-7-9-11-13-15-17-19-44-47-51-55-59-63-67-71-77(82)76(75-81)80-78(83)72-68-64-60-56-52-48-45-41-39-37-35-33-31-29-27-25-23-21-20-22-24-26-28-30-32-34-36-38-40-42-46-50-54-58-62-66-70-74-85-79(84)73-69-65-61-57-53-49-43-18-16-14-12-10-8-6-4-2/h12,14,18,43,67,71,76-77,81-82H,3-11,13,15-17,19-42,44-66,68-70,72-75H2,1-2H3,(H,80,83)/b14-12-,43-18-,71-67+. The molecule has 0 saturated heterocycles. The van der Waals surface area contributed by atoms with Gasteiger partial charge in [0.1, 0.15) is 0 Å². The monoisotopic (exact) mass is 1190 g/mol. The first-order valence-electron chi connectivity index (χ1n) is 38.8. The van der Waals surface area contributed by atoms with Gasteiger partial charge in [-0.25, -0.2) is 0 Å². The number of aliphatic hydroxyl groups excluding tert-OH is 2. The number of allylic oxidation sites excluding steroid dienone is 5. The number of amides is 1. The minimum absolute atomic E-state index is 0.00958. The lowest BCUT2D eigenvalue weighted by molar-refractivity contribution is -0.143. The Morgan fingerprint density at radius 2 is 0.588 bits per heavy atom. The van der Waals surface area contributed by atoms with Crippen molar-refractivity contribution in [2.24, 2.45) is 0 Å². The molecule has 0 rings (SSSR count). The third-order valence-corrected chi connectivity index (χ3v) is 18.2. The number of carbonyl (C=O) groups excluding carboxylic acids is 2. The van der Waals surface area contributed by atoms with E-state index in [9.17, 15) is 19.8 Å². The van der Waals surface area contributed by atoms with Gasteiger partial charge in [0, 0.05) is 12.8 Å². The fourth-order valence-electron chi connectivity index (χ4n) is 12.3. The van der Waals surface area contributed by atoms with Gasteiger partial charge in [0.05, 0.1) is 25.4 Å². The number of carbonyl (C=O) groups is 2. The number of unbranched alkanes of at least 4 members (excludes halogenated alkanes) is 58. The third-order valence-electron chi connectivity index (χ3n) is 18.2. The van der Waals surface area contributed by atoms with Crippen molar-refractivity contribution in [2.45, 2.75) is 443 Å². The maximum absolute atomic E-state index is 12.5. The molecule has 85 heavy (non-hydrogen) atoms. The zero-order chi connectivity index (χ0) is 61.3. The molecule has 0 saturated carbocycles. The Labute approximate surface area is 532 Å². The summed E-state index contributed by atoms with van der Waals surface area (Å²) in [5, 5.41) is 23.2. The van der Waals surface area contributed by atoms with Crippen LogP contribution >= 0.6 is 0 Å². The number of hydrogen-bond donors (Lipinski definition) is 3. The van der Waals surface area contributed by atoms with E-state index in [4.69, 9.17) is 4.74 Å². The van der Waals surface area contributed by atoms with Crippen molar-refractivity contribution in [3.8, 4) is 0 Å². The molecule has 2 unspecified atom stereocenters. The van der Waals surface area contributed by atoms with Crippen molar-refractivity contribution in [2.75, 3.05) is 13.2 Å². The number of esters is 1. The maximum Gasteiger partial charge on any atom is 0.305 e. The van der Waals surface area contributed by atoms with E-state index in [1.54, 1.807) is 6.08 Å². The summed E-state index contributed by atoms with van der Waals surface area (Å²) in [6.45, 7) is 4.91. The van der Waals surface area contributed by atoms with Gasteiger partial charge in [0.15, 0.2) is 0 Å². The zero-order valence-electron chi connectivity index (χ0n) is 57.6. The van der Waals surface area contributed by atoms with Crippen LogP contribution in [0, 0.1) is 0 Å². The summed E-state index contributed by atoms with van der Waals surface area (Å²) in [6.07, 6.45) is 97.0. The van der Waals surface area contributed by atoms with Crippen molar-refractivity contribution >= 4 is 11.9 Å². The van der Waals surface area contributed by atoms with Crippen molar-refractivity contribution in [3.05, 3.63) is 36.5 Å². The molecular weight excluding hydrogens is 1040 g/mol. The van der Waals surface area contributed by atoms with Gasteiger partial charge < -0.3 is 20.3 Å². The molecule has 2 atom stereocenters. The Hall–Kier alpha value is -1.92. The molecule has 0 aromatic rings. The highest BCUT2D eigenvalue weighted by molar-refractivity contribution is 5.76. The Morgan fingerprint density at radius 1 is 0.329 bits per heavy atom. The Balaban J connectivity index is 3.31. The van der Waals surface area contributed by atoms with Crippen LogP contribution in [0.3, 0.4) is 0 Å². The second-order valence-electron chi connectivity index (χ2n) is 26.7. The van der Waals surface area contributed by atoms with Crippen LogP contribution in [-0.2, 0) is 14.3 Å². The highest BCUT2D eigenvalue weighted by atomic mass is 16.5. The van der Waals surface area contributed by atoms with E-state index in [0.717, 1.165) is 51.4 Å². The molecule has 0 radical (unpaired) electrons. The SMILES string of the molecule is CCCCC/C=C\C/C=C\CCCCCCCC(=O)OCCCCCCCCCCCCCCCCCCCCCCCCCCCCCCCCCCCCCCCC(=O)NC(CO)C(O)/C=C/CCCCCCCCCCCCCCCC. The smallest absolute Gasteiger partial charge is 0.305 e. The van der Waals surface area contributed by atoms with E-state index in [2.05, 4.69) is 43.5 Å². The van der Waals surface area contributed by atoms with Gasteiger partial charge in [0.2, 0.25) is 5.91 Å². The Bertz CT molecular complexity index is 1380. The number of ether oxygens (including phenoxy) is 1. The van der Waals surface area contributed by atoms with Gasteiger partial charge in [-0.1, -0.05) is 391 Å². The van der Waals surface area contributed by atoms with Crippen LogP contribution in [-0.4, -0.2) is 47.4 Å². The molecule has 0 aromatic carbocycles. The van der Waals surface area contributed by atoms with Gasteiger partial charge in [0.25, 0.3) is 0 Å². The van der Waals surface area contributed by atoms with Crippen LogP contribution in [0.5, 0.6) is 0 Å². The zero-order valence-corrected chi connectivity index (χ0v) is 57.6. The maximum atomic E-state index is 12.5. The minimum Gasteiger partial charge on any atom is -0.466 e. The predicted molar refractivity (Wildman–Crippen MR) is 375 cm³/mol. The average Bonchev–Trinajstić information content (AvgIpc) is 3.51. The molecular formula is C79H151NO5. The fourth-order valence-corrected chi connectivity index (χ4v) is 12.3. The summed E-state index contributed by atoms with van der Waals surface area (Å²) in [5.41, 5.74) is 0. The van der Waals surface area contributed by atoms with Gasteiger partial charge >= 0.3 is 5.97 Å². The van der Waals surface area contributed by atoms with E-state index in [-0.39, 0.29) is 18.5 Å². The summed E-state index contributed by atoms with van der Waals surface area (Å²) in [6, 6.07) is -0.623. The Morgan fingerprint density at radius 3 is 0.918 bits per heavy atom. The molecule has 0 fully saturated rings. The first kappa shape index (κ1) is 83.1. The summed E-state index contributed by atoms with van der Waals surface area (Å²) in [7, 11) is 0. The lowest BCUT2D eigenvalue weighted by Gasteiger charge is -2.20. The van der Waals surface area contributed by atoms with Crippen LogP contribution in [0.15, 0.2) is 36.5 Å². The largest absolute Gasteiger partial charge is 0.466 e. The summed E-state index contributed by atoms with van der Waals surface area (Å²) in [4.78, 5) is 24.6. The molecule has 0 heterocycles. The van der Waals surface area contributed by atoms with Gasteiger partial charge in [-0.15, -0.1) is 0 Å². The quantitative estimate of drug-likeness (QED) is 0.0320. The third kappa shape index (κ3) is 71.0. The molecule has 0 aliphatic carbocycles. The van der Waals surface area contributed by atoms with Crippen molar-refractivity contribution in [1.29, 1.82) is 0 Å². The molecule has 0 spiro atoms. The molecule has 0 aromatic heterocycles. The topological polar surface area (TPSA) is 95.9 Å².